The molecule has 23 heavy (non-hydrogen) atoms. The molecule has 0 atom stereocenters. The van der Waals surface area contributed by atoms with Crippen LogP contribution in [0, 0.1) is 0 Å². The second-order valence-electron chi connectivity index (χ2n) is 4.90. The number of halogens is 1. The molecule has 0 saturated heterocycles. The predicted molar refractivity (Wildman–Crippen MR) is 91.7 cm³/mol. The molecule has 1 N–H and O–H groups in total. The van der Waals surface area contributed by atoms with Crippen molar-refractivity contribution in [3.63, 3.8) is 0 Å². The van der Waals surface area contributed by atoms with Gasteiger partial charge in [0.15, 0.2) is 0 Å². The summed E-state index contributed by atoms with van der Waals surface area (Å²) >= 11 is 3.29. The van der Waals surface area contributed by atoms with Crippen LogP contribution in [0.3, 0.4) is 0 Å². The smallest absolute Gasteiger partial charge is 0.240 e. The van der Waals surface area contributed by atoms with Crippen molar-refractivity contribution in [2.24, 2.45) is 0 Å². The van der Waals surface area contributed by atoms with E-state index in [1.165, 1.54) is 0 Å². The molecule has 3 rings (SSSR count). The Kier molecular flexibility index (Phi) is 4.61. The number of aromatic nitrogens is 2. The van der Waals surface area contributed by atoms with E-state index in [0.29, 0.717) is 0 Å². The summed E-state index contributed by atoms with van der Waals surface area (Å²) in [4.78, 5) is 0.244. The maximum Gasteiger partial charge on any atom is 0.240 e. The highest BCUT2D eigenvalue weighted by atomic mass is 79.9. The predicted octanol–water partition coefficient (Wildman–Crippen LogP) is 3.11. The molecule has 0 radical (unpaired) electrons. The topological polar surface area (TPSA) is 64.0 Å². The Bertz CT molecular complexity index is 874. The van der Waals surface area contributed by atoms with Gasteiger partial charge in [-0.2, -0.15) is 5.10 Å². The van der Waals surface area contributed by atoms with Gasteiger partial charge in [0.25, 0.3) is 0 Å². The fourth-order valence-electron chi connectivity index (χ4n) is 2.06. The van der Waals surface area contributed by atoms with E-state index < -0.39 is 10.0 Å². The zero-order chi connectivity index (χ0) is 16.3. The molecule has 3 aromatic rings. The molecule has 0 amide bonds. The van der Waals surface area contributed by atoms with Crippen molar-refractivity contribution in [2.75, 3.05) is 0 Å². The van der Waals surface area contributed by atoms with Gasteiger partial charge in [0, 0.05) is 23.4 Å². The van der Waals surface area contributed by atoms with E-state index in [-0.39, 0.29) is 11.4 Å². The standard InChI is InChI=1S/C16H14BrN3O2S/c17-14-4-8-16(9-5-14)23(21,22)19-12-13-2-6-15(7-3-13)20-11-1-10-18-20/h1-11,19H,12H2. The van der Waals surface area contributed by atoms with E-state index in [4.69, 9.17) is 0 Å². The molecule has 0 spiro atoms. The first kappa shape index (κ1) is 15.9. The number of hydrogen-bond donors (Lipinski definition) is 1. The quantitative estimate of drug-likeness (QED) is 0.726. The SMILES string of the molecule is O=S(=O)(NCc1ccc(-n2cccn2)cc1)c1ccc(Br)cc1. The summed E-state index contributed by atoms with van der Waals surface area (Å²) in [5.74, 6) is 0. The maximum atomic E-state index is 12.2. The van der Waals surface area contributed by atoms with E-state index in [1.807, 2.05) is 36.5 Å². The van der Waals surface area contributed by atoms with Gasteiger partial charge >= 0.3 is 0 Å². The first-order valence-electron chi connectivity index (χ1n) is 6.89. The summed E-state index contributed by atoms with van der Waals surface area (Å²) in [6.07, 6.45) is 3.56. The van der Waals surface area contributed by atoms with Crippen LogP contribution in [0.2, 0.25) is 0 Å². The molecule has 118 valence electrons. The van der Waals surface area contributed by atoms with Crippen LogP contribution >= 0.6 is 15.9 Å². The average Bonchev–Trinajstić information content (AvgIpc) is 3.08. The van der Waals surface area contributed by atoms with Crippen molar-refractivity contribution >= 4 is 26.0 Å². The van der Waals surface area contributed by atoms with E-state index in [9.17, 15) is 8.42 Å². The van der Waals surface area contributed by atoms with Crippen molar-refractivity contribution in [3.05, 3.63) is 77.0 Å². The summed E-state index contributed by atoms with van der Waals surface area (Å²) in [5.41, 5.74) is 1.80. The van der Waals surface area contributed by atoms with Crippen molar-refractivity contribution < 1.29 is 8.42 Å². The number of sulfonamides is 1. The average molecular weight is 392 g/mol. The third kappa shape index (κ3) is 3.87. The molecule has 0 fully saturated rings. The molecule has 0 aliphatic heterocycles. The Morgan fingerprint density at radius 3 is 2.35 bits per heavy atom. The number of rotatable bonds is 5. The summed E-state index contributed by atoms with van der Waals surface area (Å²) < 4.78 is 29.6. The molecule has 0 aliphatic carbocycles. The Hall–Kier alpha value is -1.96. The third-order valence-corrected chi connectivity index (χ3v) is 5.24. The van der Waals surface area contributed by atoms with Gasteiger partial charge in [-0.3, -0.25) is 0 Å². The molecule has 0 unspecified atom stereocenters. The highest BCUT2D eigenvalue weighted by molar-refractivity contribution is 9.10. The van der Waals surface area contributed by atoms with Crippen molar-refractivity contribution in [3.8, 4) is 5.69 Å². The van der Waals surface area contributed by atoms with Crippen LogP contribution in [0.1, 0.15) is 5.56 Å². The second kappa shape index (κ2) is 6.66. The van der Waals surface area contributed by atoms with Crippen LogP contribution in [-0.2, 0) is 16.6 Å². The van der Waals surface area contributed by atoms with Gasteiger partial charge in [0.1, 0.15) is 0 Å². The lowest BCUT2D eigenvalue weighted by Gasteiger charge is -2.08. The molecule has 2 aromatic carbocycles. The summed E-state index contributed by atoms with van der Waals surface area (Å²) in [7, 11) is -3.52. The van der Waals surface area contributed by atoms with Gasteiger partial charge in [-0.1, -0.05) is 28.1 Å². The molecule has 1 aromatic heterocycles. The van der Waals surface area contributed by atoms with Crippen LogP contribution < -0.4 is 4.72 Å². The first-order chi connectivity index (χ1) is 11.0. The van der Waals surface area contributed by atoms with Crippen molar-refractivity contribution in [2.45, 2.75) is 11.4 Å². The van der Waals surface area contributed by atoms with Crippen LogP contribution in [0.5, 0.6) is 0 Å². The Morgan fingerprint density at radius 2 is 1.74 bits per heavy atom. The number of benzene rings is 2. The zero-order valence-corrected chi connectivity index (χ0v) is 14.5. The van der Waals surface area contributed by atoms with Crippen LogP contribution in [-0.4, -0.2) is 18.2 Å². The molecular formula is C16H14BrN3O2S. The lowest BCUT2D eigenvalue weighted by molar-refractivity contribution is 0.581. The summed E-state index contributed by atoms with van der Waals surface area (Å²) in [5, 5.41) is 4.15. The summed E-state index contributed by atoms with van der Waals surface area (Å²) in [6.45, 7) is 0.234. The summed E-state index contributed by atoms with van der Waals surface area (Å²) in [6, 6.07) is 15.9. The van der Waals surface area contributed by atoms with E-state index in [0.717, 1.165) is 15.7 Å². The molecule has 0 aliphatic rings. The monoisotopic (exact) mass is 391 g/mol. The van der Waals surface area contributed by atoms with Gasteiger partial charge in [0.2, 0.25) is 10.0 Å². The Labute approximate surface area is 143 Å². The highest BCUT2D eigenvalue weighted by Crippen LogP contribution is 2.15. The zero-order valence-electron chi connectivity index (χ0n) is 12.1. The van der Waals surface area contributed by atoms with Gasteiger partial charge in [-0.25, -0.2) is 17.8 Å². The Balaban J connectivity index is 1.69. The number of hydrogen-bond acceptors (Lipinski definition) is 3. The molecule has 5 nitrogen and oxygen atoms in total. The van der Waals surface area contributed by atoms with Crippen LogP contribution in [0.25, 0.3) is 5.69 Å². The van der Waals surface area contributed by atoms with Crippen molar-refractivity contribution in [1.29, 1.82) is 0 Å². The van der Waals surface area contributed by atoms with Gasteiger partial charge in [0.05, 0.1) is 10.6 Å². The Morgan fingerprint density at radius 1 is 1.04 bits per heavy atom. The minimum absolute atomic E-state index is 0.234. The maximum absolute atomic E-state index is 12.2. The van der Waals surface area contributed by atoms with Gasteiger partial charge in [-0.05, 0) is 48.0 Å². The van der Waals surface area contributed by atoms with Gasteiger partial charge in [-0.15, -0.1) is 0 Å². The van der Waals surface area contributed by atoms with Crippen LogP contribution in [0.4, 0.5) is 0 Å². The number of nitrogens with one attached hydrogen (secondary N) is 1. The normalized spacial score (nSPS) is 11.5. The van der Waals surface area contributed by atoms with E-state index in [1.54, 1.807) is 35.1 Å². The minimum Gasteiger partial charge on any atom is -0.241 e. The first-order valence-corrected chi connectivity index (χ1v) is 9.16. The van der Waals surface area contributed by atoms with E-state index >= 15 is 0 Å². The fraction of sp³-hybridized carbons (Fsp3) is 0.0625. The molecule has 1 heterocycles. The van der Waals surface area contributed by atoms with Crippen LogP contribution in [0.15, 0.2) is 76.4 Å². The van der Waals surface area contributed by atoms with Crippen molar-refractivity contribution in [1.82, 2.24) is 14.5 Å². The number of nitrogens with zero attached hydrogens (tertiary/aromatic N) is 2. The molecule has 7 heteroatoms. The molecule has 0 saturated carbocycles. The third-order valence-electron chi connectivity index (χ3n) is 3.30. The van der Waals surface area contributed by atoms with E-state index in [2.05, 4.69) is 25.8 Å². The minimum atomic E-state index is -3.52. The molecule has 0 bridgehead atoms. The molecular weight excluding hydrogens is 378 g/mol. The fourth-order valence-corrected chi connectivity index (χ4v) is 3.35. The lowest BCUT2D eigenvalue weighted by Crippen LogP contribution is -2.23. The van der Waals surface area contributed by atoms with Gasteiger partial charge < -0.3 is 0 Å². The highest BCUT2D eigenvalue weighted by Gasteiger charge is 2.13. The second-order valence-corrected chi connectivity index (χ2v) is 7.58. The lowest BCUT2D eigenvalue weighted by atomic mass is 10.2. The largest absolute Gasteiger partial charge is 0.241 e.